The molecule has 1 aliphatic rings. The number of likely N-dealkylation sites (tertiary alicyclic amines) is 1. The normalized spacial score (nSPS) is 16.9. The number of hydrogen-bond acceptors (Lipinski definition) is 5. The second-order valence-electron chi connectivity index (χ2n) is 6.67. The molecule has 0 unspecified atom stereocenters. The van der Waals surface area contributed by atoms with Crippen LogP contribution in [0.15, 0.2) is 4.99 Å². The number of ether oxygens (including phenoxy) is 1. The Morgan fingerprint density at radius 3 is 2.33 bits per heavy atom. The van der Waals surface area contributed by atoms with Gasteiger partial charge in [0.25, 0.3) is 0 Å². The zero-order valence-corrected chi connectivity index (χ0v) is 17.3. The van der Waals surface area contributed by atoms with Crippen LogP contribution in [0.25, 0.3) is 0 Å². The molecule has 1 amide bonds. The van der Waals surface area contributed by atoms with Gasteiger partial charge in [-0.1, -0.05) is 0 Å². The van der Waals surface area contributed by atoms with Crippen molar-refractivity contribution in [2.45, 2.75) is 45.3 Å². The second kappa shape index (κ2) is 10.7. The summed E-state index contributed by atoms with van der Waals surface area (Å²) in [6.45, 7) is 7.48. The molecule has 1 saturated heterocycles. The Morgan fingerprint density at radius 2 is 1.88 bits per heavy atom. The minimum atomic E-state index is -0.497. The van der Waals surface area contributed by atoms with Crippen LogP contribution in [-0.4, -0.2) is 67.6 Å². The molecule has 9 heteroatoms. The van der Waals surface area contributed by atoms with Crippen LogP contribution in [0, 0.1) is 0 Å². The molecule has 140 valence electrons. The molecule has 0 radical (unpaired) electrons. The molecule has 1 rings (SSSR count). The first-order chi connectivity index (χ1) is 10.7. The molecular weight excluding hydrogens is 425 g/mol. The molecule has 0 aliphatic carbocycles. The Balaban J connectivity index is 0.00000529. The van der Waals surface area contributed by atoms with Crippen LogP contribution < -0.4 is 16.4 Å². The van der Waals surface area contributed by atoms with Crippen molar-refractivity contribution >= 4 is 41.8 Å². The van der Waals surface area contributed by atoms with Gasteiger partial charge in [-0.2, -0.15) is 0 Å². The molecule has 0 saturated carbocycles. The molecule has 1 heterocycles. The minimum Gasteiger partial charge on any atom is -0.459 e. The first kappa shape index (κ1) is 22.9. The van der Waals surface area contributed by atoms with E-state index in [1.165, 1.54) is 0 Å². The van der Waals surface area contributed by atoms with Crippen molar-refractivity contribution in [1.29, 1.82) is 0 Å². The number of carbonyl (C=O) groups excluding carboxylic acids is 2. The highest BCUT2D eigenvalue weighted by molar-refractivity contribution is 14.0. The maximum absolute atomic E-state index is 11.7. The van der Waals surface area contributed by atoms with E-state index in [0.717, 1.165) is 25.9 Å². The van der Waals surface area contributed by atoms with Gasteiger partial charge >= 0.3 is 5.97 Å². The monoisotopic (exact) mass is 455 g/mol. The largest absolute Gasteiger partial charge is 0.459 e. The van der Waals surface area contributed by atoms with E-state index >= 15 is 0 Å². The summed E-state index contributed by atoms with van der Waals surface area (Å²) in [4.78, 5) is 28.8. The van der Waals surface area contributed by atoms with Gasteiger partial charge in [0.05, 0.1) is 6.54 Å². The highest BCUT2D eigenvalue weighted by Crippen LogP contribution is 2.09. The smallest absolute Gasteiger partial charge is 0.325 e. The van der Waals surface area contributed by atoms with Gasteiger partial charge < -0.3 is 21.1 Å². The van der Waals surface area contributed by atoms with E-state index in [4.69, 9.17) is 10.5 Å². The van der Waals surface area contributed by atoms with E-state index in [1.807, 2.05) is 25.7 Å². The standard InChI is InChI=1S/C15H29N5O3.HI/c1-15(2,3)23-13(22)9-18-14(17-4)19-11-5-7-20(8-6-11)10-12(16)21;/h11H,5-10H2,1-4H3,(H2,16,21)(H2,17,18,19);1H. The molecule has 0 aromatic rings. The van der Waals surface area contributed by atoms with E-state index in [-0.39, 0.29) is 48.4 Å². The van der Waals surface area contributed by atoms with Crippen molar-refractivity contribution in [3.8, 4) is 0 Å². The van der Waals surface area contributed by atoms with Crippen molar-refractivity contribution < 1.29 is 14.3 Å². The van der Waals surface area contributed by atoms with Crippen molar-refractivity contribution in [2.75, 3.05) is 33.2 Å². The van der Waals surface area contributed by atoms with Crippen LogP contribution >= 0.6 is 24.0 Å². The predicted octanol–water partition coefficient (Wildman–Crippen LogP) is 0.0608. The second-order valence-corrected chi connectivity index (χ2v) is 6.67. The highest BCUT2D eigenvalue weighted by Gasteiger charge is 2.21. The van der Waals surface area contributed by atoms with Gasteiger partial charge in [0, 0.05) is 26.2 Å². The van der Waals surface area contributed by atoms with Gasteiger partial charge in [0.2, 0.25) is 5.91 Å². The molecule has 1 aliphatic heterocycles. The van der Waals surface area contributed by atoms with E-state index < -0.39 is 5.60 Å². The summed E-state index contributed by atoms with van der Waals surface area (Å²) in [5.41, 5.74) is 4.71. The summed E-state index contributed by atoms with van der Waals surface area (Å²) in [7, 11) is 1.66. The number of rotatable bonds is 5. The predicted molar refractivity (Wildman–Crippen MR) is 104 cm³/mol. The number of primary amides is 1. The first-order valence-corrected chi connectivity index (χ1v) is 7.89. The molecule has 24 heavy (non-hydrogen) atoms. The average molecular weight is 455 g/mol. The van der Waals surface area contributed by atoms with Crippen molar-refractivity contribution in [2.24, 2.45) is 10.7 Å². The van der Waals surface area contributed by atoms with Crippen LogP contribution in [-0.2, 0) is 14.3 Å². The van der Waals surface area contributed by atoms with Gasteiger partial charge in [0.1, 0.15) is 12.1 Å². The van der Waals surface area contributed by atoms with Crippen LogP contribution in [0.2, 0.25) is 0 Å². The quantitative estimate of drug-likeness (QED) is 0.234. The zero-order chi connectivity index (χ0) is 17.5. The number of piperidine rings is 1. The lowest BCUT2D eigenvalue weighted by Gasteiger charge is -2.32. The van der Waals surface area contributed by atoms with Crippen molar-refractivity contribution in [1.82, 2.24) is 15.5 Å². The number of guanidine groups is 1. The van der Waals surface area contributed by atoms with Gasteiger partial charge in [0.15, 0.2) is 5.96 Å². The number of carbonyl (C=O) groups is 2. The molecule has 0 aromatic heterocycles. The third-order valence-electron chi connectivity index (χ3n) is 3.35. The lowest BCUT2D eigenvalue weighted by molar-refractivity contribution is -0.153. The lowest BCUT2D eigenvalue weighted by atomic mass is 10.1. The van der Waals surface area contributed by atoms with Gasteiger partial charge in [-0.25, -0.2) is 0 Å². The van der Waals surface area contributed by atoms with E-state index in [9.17, 15) is 9.59 Å². The van der Waals surface area contributed by atoms with Crippen LogP contribution in [0.1, 0.15) is 33.6 Å². The number of hydrogen-bond donors (Lipinski definition) is 3. The summed E-state index contributed by atoms with van der Waals surface area (Å²) in [6.07, 6.45) is 1.78. The summed E-state index contributed by atoms with van der Waals surface area (Å²) < 4.78 is 5.24. The maximum Gasteiger partial charge on any atom is 0.325 e. The molecule has 0 aromatic carbocycles. The molecule has 1 fully saturated rings. The number of esters is 1. The minimum absolute atomic E-state index is 0. The zero-order valence-electron chi connectivity index (χ0n) is 14.9. The fourth-order valence-electron chi connectivity index (χ4n) is 2.38. The number of nitrogens with two attached hydrogens (primary N) is 1. The number of aliphatic imine (C=N–C) groups is 1. The Hall–Kier alpha value is -1.10. The summed E-state index contributed by atoms with van der Waals surface area (Å²) in [5.74, 6) is -0.0489. The molecule has 4 N–H and O–H groups in total. The van der Waals surface area contributed by atoms with Gasteiger partial charge in [-0.15, -0.1) is 24.0 Å². The van der Waals surface area contributed by atoms with E-state index in [1.54, 1.807) is 7.05 Å². The SMILES string of the molecule is CN=C(NCC(=O)OC(C)(C)C)NC1CCN(CC(N)=O)CC1.I. The van der Waals surface area contributed by atoms with Crippen LogP contribution in [0.5, 0.6) is 0 Å². The van der Waals surface area contributed by atoms with Gasteiger partial charge in [-0.3, -0.25) is 19.5 Å². The Bertz CT molecular complexity index is 443. The van der Waals surface area contributed by atoms with Crippen molar-refractivity contribution in [3.05, 3.63) is 0 Å². The van der Waals surface area contributed by atoms with E-state index in [0.29, 0.717) is 12.5 Å². The van der Waals surface area contributed by atoms with Gasteiger partial charge in [-0.05, 0) is 33.6 Å². The number of amides is 1. The maximum atomic E-state index is 11.7. The third kappa shape index (κ3) is 9.91. The molecular formula is C15H30IN5O3. The fourth-order valence-corrected chi connectivity index (χ4v) is 2.38. The lowest BCUT2D eigenvalue weighted by Crippen LogP contribution is -2.50. The topological polar surface area (TPSA) is 109 Å². The first-order valence-electron chi connectivity index (χ1n) is 7.89. The molecule has 0 spiro atoms. The fraction of sp³-hybridized carbons (Fsp3) is 0.800. The Morgan fingerprint density at radius 1 is 1.29 bits per heavy atom. The Labute approximate surface area is 161 Å². The van der Waals surface area contributed by atoms with Crippen LogP contribution in [0.3, 0.4) is 0 Å². The molecule has 8 nitrogen and oxygen atoms in total. The summed E-state index contributed by atoms with van der Waals surface area (Å²) in [6, 6.07) is 0.254. The Kier molecular flexibility index (Phi) is 10.2. The number of halogens is 1. The summed E-state index contributed by atoms with van der Waals surface area (Å²) >= 11 is 0. The molecule has 0 atom stereocenters. The number of nitrogens with one attached hydrogen (secondary N) is 2. The highest BCUT2D eigenvalue weighted by atomic mass is 127. The van der Waals surface area contributed by atoms with Crippen molar-refractivity contribution in [3.63, 3.8) is 0 Å². The number of nitrogens with zero attached hydrogens (tertiary/aromatic N) is 2. The van der Waals surface area contributed by atoms with E-state index in [2.05, 4.69) is 15.6 Å². The summed E-state index contributed by atoms with van der Waals surface area (Å²) in [5, 5.41) is 6.25. The third-order valence-corrected chi connectivity index (χ3v) is 3.35. The molecule has 0 bridgehead atoms. The van der Waals surface area contributed by atoms with Crippen LogP contribution in [0.4, 0.5) is 0 Å². The average Bonchev–Trinajstić information content (AvgIpc) is 2.42.